The molecule has 1 N–H and O–H groups in total. The Bertz CT molecular complexity index is 598. The quantitative estimate of drug-likeness (QED) is 0.868. The number of Topliss-reactive ketones (excluding diaryl/α,β-unsaturated/α-hetero) is 1. The van der Waals surface area contributed by atoms with Crippen molar-refractivity contribution in [3.05, 3.63) is 29.8 Å². The third kappa shape index (κ3) is 3.37. The highest BCUT2D eigenvalue weighted by molar-refractivity contribution is 7.90. The number of rotatable bonds is 4. The van der Waals surface area contributed by atoms with Gasteiger partial charge < -0.3 is 0 Å². The summed E-state index contributed by atoms with van der Waals surface area (Å²) in [5.74, 6) is -0.0858. The van der Waals surface area contributed by atoms with Gasteiger partial charge in [-0.2, -0.15) is 12.7 Å². The zero-order chi connectivity index (χ0) is 14.8. The molecule has 0 saturated carbocycles. The Labute approximate surface area is 120 Å². The second kappa shape index (κ2) is 5.93. The number of anilines is 1. The average molecular weight is 296 g/mol. The maximum absolute atomic E-state index is 12.4. The van der Waals surface area contributed by atoms with Crippen LogP contribution in [0, 0.1) is 0 Å². The fraction of sp³-hybridized carbons (Fsp3) is 0.500. The molecule has 110 valence electrons. The molecule has 0 spiro atoms. The van der Waals surface area contributed by atoms with Crippen molar-refractivity contribution in [2.75, 3.05) is 11.3 Å². The minimum absolute atomic E-state index is 0.0113. The SMILES string of the molecule is CC(=O)c1cccc(NS(=O)(=O)N2CCCCC2C)c1. The fourth-order valence-electron chi connectivity index (χ4n) is 2.44. The lowest BCUT2D eigenvalue weighted by Crippen LogP contribution is -2.44. The molecule has 1 fully saturated rings. The Morgan fingerprint density at radius 3 is 2.75 bits per heavy atom. The molecule has 0 aromatic heterocycles. The van der Waals surface area contributed by atoms with Gasteiger partial charge in [0.1, 0.15) is 0 Å². The summed E-state index contributed by atoms with van der Waals surface area (Å²) in [6, 6.07) is 6.57. The van der Waals surface area contributed by atoms with E-state index < -0.39 is 10.2 Å². The molecule has 0 amide bonds. The van der Waals surface area contributed by atoms with Gasteiger partial charge in [-0.15, -0.1) is 0 Å². The number of hydrogen-bond donors (Lipinski definition) is 1. The number of nitrogens with zero attached hydrogens (tertiary/aromatic N) is 1. The summed E-state index contributed by atoms with van der Waals surface area (Å²) in [4.78, 5) is 11.3. The van der Waals surface area contributed by atoms with Crippen LogP contribution in [0.15, 0.2) is 24.3 Å². The number of carbonyl (C=O) groups is 1. The van der Waals surface area contributed by atoms with Gasteiger partial charge in [0.25, 0.3) is 0 Å². The summed E-state index contributed by atoms with van der Waals surface area (Å²) < 4.78 is 28.8. The summed E-state index contributed by atoms with van der Waals surface area (Å²) in [6.45, 7) is 3.92. The topological polar surface area (TPSA) is 66.5 Å². The molecule has 0 radical (unpaired) electrons. The van der Waals surface area contributed by atoms with E-state index in [0.29, 0.717) is 17.8 Å². The molecule has 2 rings (SSSR count). The van der Waals surface area contributed by atoms with Crippen LogP contribution in [-0.4, -0.2) is 31.1 Å². The number of piperidine rings is 1. The molecule has 0 aliphatic carbocycles. The van der Waals surface area contributed by atoms with E-state index in [-0.39, 0.29) is 11.8 Å². The van der Waals surface area contributed by atoms with E-state index >= 15 is 0 Å². The first kappa shape index (κ1) is 15.0. The van der Waals surface area contributed by atoms with Crippen molar-refractivity contribution in [1.82, 2.24) is 4.31 Å². The van der Waals surface area contributed by atoms with Gasteiger partial charge in [0.05, 0.1) is 5.69 Å². The Kier molecular flexibility index (Phi) is 4.45. The number of carbonyl (C=O) groups excluding carboxylic acids is 1. The average Bonchev–Trinajstić information content (AvgIpc) is 2.38. The van der Waals surface area contributed by atoms with Crippen molar-refractivity contribution in [2.24, 2.45) is 0 Å². The van der Waals surface area contributed by atoms with E-state index in [1.165, 1.54) is 11.2 Å². The number of benzene rings is 1. The molecule has 1 atom stereocenters. The largest absolute Gasteiger partial charge is 0.301 e. The summed E-state index contributed by atoms with van der Waals surface area (Å²) >= 11 is 0. The molecule has 1 heterocycles. The van der Waals surface area contributed by atoms with Gasteiger partial charge in [0.2, 0.25) is 0 Å². The normalized spacial score (nSPS) is 20.6. The molecule has 1 aromatic carbocycles. The van der Waals surface area contributed by atoms with E-state index in [9.17, 15) is 13.2 Å². The highest BCUT2D eigenvalue weighted by Crippen LogP contribution is 2.22. The van der Waals surface area contributed by atoms with Crippen molar-refractivity contribution in [3.63, 3.8) is 0 Å². The van der Waals surface area contributed by atoms with E-state index in [1.807, 2.05) is 6.92 Å². The van der Waals surface area contributed by atoms with Crippen LogP contribution >= 0.6 is 0 Å². The van der Waals surface area contributed by atoms with Crippen LogP contribution in [0.5, 0.6) is 0 Å². The van der Waals surface area contributed by atoms with Crippen LogP contribution in [0.4, 0.5) is 5.69 Å². The Balaban J connectivity index is 2.19. The molecule has 1 aromatic rings. The van der Waals surface area contributed by atoms with E-state index in [2.05, 4.69) is 4.72 Å². The first-order valence-electron chi connectivity index (χ1n) is 6.81. The van der Waals surface area contributed by atoms with Gasteiger partial charge in [-0.05, 0) is 38.8 Å². The lowest BCUT2D eigenvalue weighted by molar-refractivity contribution is 0.101. The Morgan fingerprint density at radius 1 is 1.35 bits per heavy atom. The van der Waals surface area contributed by atoms with Crippen LogP contribution in [0.25, 0.3) is 0 Å². The molecule has 5 nitrogen and oxygen atoms in total. The highest BCUT2D eigenvalue weighted by Gasteiger charge is 2.29. The predicted molar refractivity (Wildman–Crippen MR) is 79.0 cm³/mol. The monoisotopic (exact) mass is 296 g/mol. The smallest absolute Gasteiger partial charge is 0.295 e. The molecule has 1 aliphatic rings. The fourth-order valence-corrected chi connectivity index (χ4v) is 3.93. The number of nitrogens with one attached hydrogen (secondary N) is 1. The van der Waals surface area contributed by atoms with Crippen molar-refractivity contribution < 1.29 is 13.2 Å². The predicted octanol–water partition coefficient (Wildman–Crippen LogP) is 2.42. The van der Waals surface area contributed by atoms with Crippen molar-refractivity contribution in [3.8, 4) is 0 Å². The van der Waals surface area contributed by atoms with Gasteiger partial charge in [-0.25, -0.2) is 0 Å². The molecule has 1 saturated heterocycles. The van der Waals surface area contributed by atoms with E-state index in [0.717, 1.165) is 19.3 Å². The van der Waals surface area contributed by atoms with E-state index in [1.54, 1.807) is 24.3 Å². The first-order chi connectivity index (χ1) is 9.40. The first-order valence-corrected chi connectivity index (χ1v) is 8.25. The lowest BCUT2D eigenvalue weighted by atomic mass is 10.1. The van der Waals surface area contributed by atoms with Gasteiger partial charge in [0.15, 0.2) is 5.78 Å². The second-order valence-electron chi connectivity index (χ2n) is 5.20. The summed E-state index contributed by atoms with van der Waals surface area (Å²) in [5.41, 5.74) is 0.923. The van der Waals surface area contributed by atoms with Crippen LogP contribution in [0.1, 0.15) is 43.5 Å². The molecule has 0 bridgehead atoms. The van der Waals surface area contributed by atoms with Gasteiger partial charge in [-0.3, -0.25) is 9.52 Å². The molecular formula is C14H20N2O3S. The Morgan fingerprint density at radius 2 is 2.10 bits per heavy atom. The van der Waals surface area contributed by atoms with Crippen LogP contribution in [0.2, 0.25) is 0 Å². The zero-order valence-corrected chi connectivity index (χ0v) is 12.6. The van der Waals surface area contributed by atoms with Crippen LogP contribution in [0.3, 0.4) is 0 Å². The van der Waals surface area contributed by atoms with Crippen molar-refractivity contribution >= 4 is 21.7 Å². The summed E-state index contributed by atoms with van der Waals surface area (Å²) in [5, 5.41) is 0. The maximum atomic E-state index is 12.4. The minimum Gasteiger partial charge on any atom is -0.295 e. The van der Waals surface area contributed by atoms with Gasteiger partial charge >= 0.3 is 10.2 Å². The summed E-state index contributed by atoms with van der Waals surface area (Å²) in [7, 11) is -3.56. The molecular weight excluding hydrogens is 276 g/mol. The number of ketones is 1. The van der Waals surface area contributed by atoms with Crippen molar-refractivity contribution in [2.45, 2.75) is 39.2 Å². The molecule has 1 unspecified atom stereocenters. The lowest BCUT2D eigenvalue weighted by Gasteiger charge is -2.32. The van der Waals surface area contributed by atoms with Crippen molar-refractivity contribution in [1.29, 1.82) is 0 Å². The van der Waals surface area contributed by atoms with Gasteiger partial charge in [-0.1, -0.05) is 18.6 Å². The minimum atomic E-state index is -3.56. The van der Waals surface area contributed by atoms with Crippen LogP contribution < -0.4 is 4.72 Å². The van der Waals surface area contributed by atoms with Gasteiger partial charge in [0, 0.05) is 18.2 Å². The van der Waals surface area contributed by atoms with E-state index in [4.69, 9.17) is 0 Å². The zero-order valence-electron chi connectivity index (χ0n) is 11.8. The molecule has 6 heteroatoms. The third-order valence-corrected chi connectivity index (χ3v) is 5.22. The molecule has 1 aliphatic heterocycles. The molecule has 20 heavy (non-hydrogen) atoms. The maximum Gasteiger partial charge on any atom is 0.301 e. The summed E-state index contributed by atoms with van der Waals surface area (Å²) in [6.07, 6.45) is 2.83. The highest BCUT2D eigenvalue weighted by atomic mass is 32.2. The number of hydrogen-bond acceptors (Lipinski definition) is 3. The Hall–Kier alpha value is -1.40. The van der Waals surface area contributed by atoms with Crippen LogP contribution in [-0.2, 0) is 10.2 Å². The standard InChI is InChI=1S/C14H20N2O3S/c1-11-6-3-4-9-16(11)20(18,19)15-14-8-5-7-13(10-14)12(2)17/h5,7-8,10-11,15H,3-4,6,9H2,1-2H3. The third-order valence-electron chi connectivity index (χ3n) is 3.57. The second-order valence-corrected chi connectivity index (χ2v) is 6.82.